The SMILES string of the molecule is CC1=CCC(C2CC2C)CCC(C)(C)CC1. The predicted molar refractivity (Wildman–Crippen MR) is 71.4 cm³/mol. The molecular weight excluding hydrogens is 192 g/mol. The van der Waals surface area contributed by atoms with Gasteiger partial charge in [-0.1, -0.05) is 32.4 Å². The van der Waals surface area contributed by atoms with Crippen LogP contribution >= 0.6 is 0 Å². The second-order valence-corrected chi connectivity index (χ2v) is 7.13. The second kappa shape index (κ2) is 4.55. The molecule has 92 valence electrons. The van der Waals surface area contributed by atoms with Crippen molar-refractivity contribution in [1.29, 1.82) is 0 Å². The molecule has 0 heteroatoms. The van der Waals surface area contributed by atoms with Crippen LogP contribution in [0.15, 0.2) is 11.6 Å². The zero-order valence-corrected chi connectivity index (χ0v) is 11.6. The maximum absolute atomic E-state index is 2.54. The van der Waals surface area contributed by atoms with Crippen LogP contribution in [-0.2, 0) is 0 Å². The van der Waals surface area contributed by atoms with Crippen LogP contribution in [0.5, 0.6) is 0 Å². The van der Waals surface area contributed by atoms with Gasteiger partial charge in [0.2, 0.25) is 0 Å². The number of hydrogen-bond acceptors (Lipinski definition) is 0. The minimum absolute atomic E-state index is 0.565. The fraction of sp³-hybridized carbons (Fsp3) is 0.875. The molecule has 0 aromatic carbocycles. The van der Waals surface area contributed by atoms with Crippen LogP contribution in [0.3, 0.4) is 0 Å². The van der Waals surface area contributed by atoms with Gasteiger partial charge >= 0.3 is 0 Å². The number of allylic oxidation sites excluding steroid dienone is 2. The van der Waals surface area contributed by atoms with E-state index in [1.165, 1.54) is 38.5 Å². The Morgan fingerprint density at radius 2 is 1.94 bits per heavy atom. The van der Waals surface area contributed by atoms with E-state index in [0.717, 1.165) is 17.8 Å². The van der Waals surface area contributed by atoms with Gasteiger partial charge in [0.05, 0.1) is 0 Å². The summed E-state index contributed by atoms with van der Waals surface area (Å²) in [6.45, 7) is 9.67. The van der Waals surface area contributed by atoms with Gasteiger partial charge in [-0.3, -0.25) is 0 Å². The molecule has 0 amide bonds. The second-order valence-electron chi connectivity index (χ2n) is 7.13. The van der Waals surface area contributed by atoms with Crippen molar-refractivity contribution in [3.8, 4) is 0 Å². The van der Waals surface area contributed by atoms with Gasteiger partial charge < -0.3 is 0 Å². The molecule has 0 aromatic heterocycles. The molecule has 2 aliphatic rings. The van der Waals surface area contributed by atoms with Gasteiger partial charge in [0, 0.05) is 0 Å². The van der Waals surface area contributed by atoms with E-state index in [0.29, 0.717) is 5.41 Å². The fourth-order valence-electron chi connectivity index (χ4n) is 3.21. The van der Waals surface area contributed by atoms with Crippen LogP contribution in [-0.4, -0.2) is 0 Å². The third-order valence-electron chi connectivity index (χ3n) is 4.93. The molecule has 0 aliphatic heterocycles. The Labute approximate surface area is 102 Å². The Bertz CT molecular complexity index is 272. The minimum atomic E-state index is 0.565. The highest BCUT2D eigenvalue weighted by molar-refractivity contribution is 5.03. The summed E-state index contributed by atoms with van der Waals surface area (Å²) in [6, 6.07) is 0. The Hall–Kier alpha value is -0.260. The lowest BCUT2D eigenvalue weighted by atomic mass is 9.80. The van der Waals surface area contributed by atoms with Gasteiger partial charge in [-0.2, -0.15) is 0 Å². The third kappa shape index (κ3) is 3.12. The van der Waals surface area contributed by atoms with Crippen LogP contribution in [0, 0.1) is 23.2 Å². The molecular formula is C16H28. The van der Waals surface area contributed by atoms with Crippen molar-refractivity contribution in [1.82, 2.24) is 0 Å². The summed E-state index contributed by atoms with van der Waals surface area (Å²) in [6.07, 6.45) is 11.0. The lowest BCUT2D eigenvalue weighted by Gasteiger charge is -2.26. The summed E-state index contributed by atoms with van der Waals surface area (Å²) < 4.78 is 0. The van der Waals surface area contributed by atoms with Crippen molar-refractivity contribution >= 4 is 0 Å². The minimum Gasteiger partial charge on any atom is -0.0853 e. The Kier molecular flexibility index (Phi) is 3.47. The zero-order valence-electron chi connectivity index (χ0n) is 11.6. The summed E-state index contributed by atoms with van der Waals surface area (Å²) in [4.78, 5) is 0. The summed E-state index contributed by atoms with van der Waals surface area (Å²) in [7, 11) is 0. The highest BCUT2D eigenvalue weighted by Crippen LogP contribution is 2.48. The molecule has 2 aliphatic carbocycles. The van der Waals surface area contributed by atoms with Crippen molar-refractivity contribution in [3.05, 3.63) is 11.6 Å². The average Bonchev–Trinajstić information content (AvgIpc) is 2.91. The Morgan fingerprint density at radius 3 is 2.56 bits per heavy atom. The van der Waals surface area contributed by atoms with E-state index >= 15 is 0 Å². The topological polar surface area (TPSA) is 0 Å². The lowest BCUT2D eigenvalue weighted by molar-refractivity contribution is 0.264. The number of rotatable bonds is 1. The van der Waals surface area contributed by atoms with Crippen molar-refractivity contribution in [3.63, 3.8) is 0 Å². The first-order valence-electron chi connectivity index (χ1n) is 7.13. The van der Waals surface area contributed by atoms with E-state index in [9.17, 15) is 0 Å². The van der Waals surface area contributed by atoms with Crippen LogP contribution in [0.25, 0.3) is 0 Å². The first-order valence-corrected chi connectivity index (χ1v) is 7.13. The van der Waals surface area contributed by atoms with Crippen LogP contribution < -0.4 is 0 Å². The Morgan fingerprint density at radius 1 is 1.25 bits per heavy atom. The zero-order chi connectivity index (χ0) is 11.8. The maximum Gasteiger partial charge on any atom is -0.0317 e. The van der Waals surface area contributed by atoms with Crippen molar-refractivity contribution in [2.45, 2.75) is 66.2 Å². The molecule has 16 heavy (non-hydrogen) atoms. The molecule has 2 rings (SSSR count). The van der Waals surface area contributed by atoms with Gasteiger partial charge in [0.15, 0.2) is 0 Å². The molecule has 0 heterocycles. The first kappa shape index (κ1) is 12.2. The van der Waals surface area contributed by atoms with E-state index in [1.54, 1.807) is 5.57 Å². The van der Waals surface area contributed by atoms with Crippen molar-refractivity contribution < 1.29 is 0 Å². The quantitative estimate of drug-likeness (QED) is 0.533. The van der Waals surface area contributed by atoms with Gasteiger partial charge in [-0.05, 0) is 68.6 Å². The first-order chi connectivity index (χ1) is 7.48. The van der Waals surface area contributed by atoms with Gasteiger partial charge in [-0.15, -0.1) is 0 Å². The molecule has 0 saturated heterocycles. The lowest BCUT2D eigenvalue weighted by Crippen LogP contribution is -2.14. The van der Waals surface area contributed by atoms with E-state index in [4.69, 9.17) is 0 Å². The van der Waals surface area contributed by atoms with Crippen molar-refractivity contribution in [2.24, 2.45) is 23.2 Å². The van der Waals surface area contributed by atoms with Crippen molar-refractivity contribution in [2.75, 3.05) is 0 Å². The van der Waals surface area contributed by atoms with Crippen LogP contribution in [0.1, 0.15) is 66.2 Å². The molecule has 1 fully saturated rings. The van der Waals surface area contributed by atoms with E-state index in [-0.39, 0.29) is 0 Å². The van der Waals surface area contributed by atoms with Gasteiger partial charge in [-0.25, -0.2) is 0 Å². The summed E-state index contributed by atoms with van der Waals surface area (Å²) in [5.74, 6) is 3.06. The monoisotopic (exact) mass is 220 g/mol. The van der Waals surface area contributed by atoms with E-state index in [2.05, 4.69) is 33.8 Å². The molecule has 3 atom stereocenters. The molecule has 0 N–H and O–H groups in total. The smallest absolute Gasteiger partial charge is 0.0317 e. The van der Waals surface area contributed by atoms with E-state index < -0.39 is 0 Å². The Balaban J connectivity index is 2.01. The summed E-state index contributed by atoms with van der Waals surface area (Å²) in [5, 5.41) is 0. The highest BCUT2D eigenvalue weighted by atomic mass is 14.4. The van der Waals surface area contributed by atoms with E-state index in [1.807, 2.05) is 0 Å². The molecule has 1 saturated carbocycles. The highest BCUT2D eigenvalue weighted by Gasteiger charge is 2.39. The summed E-state index contributed by atoms with van der Waals surface area (Å²) >= 11 is 0. The number of hydrogen-bond donors (Lipinski definition) is 0. The molecule has 0 nitrogen and oxygen atoms in total. The fourth-order valence-corrected chi connectivity index (χ4v) is 3.21. The van der Waals surface area contributed by atoms with Gasteiger partial charge in [0.25, 0.3) is 0 Å². The molecule has 0 bridgehead atoms. The maximum atomic E-state index is 2.54. The normalized spacial score (nSPS) is 39.2. The third-order valence-corrected chi connectivity index (χ3v) is 4.93. The molecule has 0 radical (unpaired) electrons. The standard InChI is InChI=1S/C16H28/c1-12-5-6-14(15-11-13(15)2)8-10-16(3,4)9-7-12/h5,13-15H,6-11H2,1-4H3. The predicted octanol–water partition coefficient (Wildman–Crippen LogP) is 5.20. The summed E-state index contributed by atoms with van der Waals surface area (Å²) in [5.41, 5.74) is 2.20. The van der Waals surface area contributed by atoms with Gasteiger partial charge in [0.1, 0.15) is 0 Å². The van der Waals surface area contributed by atoms with Crippen LogP contribution in [0.4, 0.5) is 0 Å². The molecule has 0 spiro atoms. The molecule has 0 aromatic rings. The largest absolute Gasteiger partial charge is 0.0853 e. The molecule has 3 unspecified atom stereocenters. The van der Waals surface area contributed by atoms with Crippen LogP contribution in [0.2, 0.25) is 0 Å². The average molecular weight is 220 g/mol.